The summed E-state index contributed by atoms with van der Waals surface area (Å²) in [5.74, 6) is 0. The summed E-state index contributed by atoms with van der Waals surface area (Å²) in [6.07, 6.45) is 3.16. The highest BCUT2D eigenvalue weighted by Crippen LogP contribution is 2.37. The van der Waals surface area contributed by atoms with E-state index in [-0.39, 0.29) is 16.7 Å². The first-order chi connectivity index (χ1) is 8.42. The van der Waals surface area contributed by atoms with Crippen LogP contribution < -0.4 is 5.73 Å². The topological polar surface area (TPSA) is 43.1 Å². The Hall–Kier alpha value is -0.380. The second kappa shape index (κ2) is 5.32. The fourth-order valence-electron chi connectivity index (χ4n) is 2.59. The molecule has 0 saturated heterocycles. The number of hydrogen-bond donors (Lipinski definition) is 1. The monoisotopic (exact) mass is 285 g/mol. The van der Waals surface area contributed by atoms with Crippen molar-refractivity contribution in [2.24, 2.45) is 11.1 Å². The third-order valence-corrected chi connectivity index (χ3v) is 6.00. The van der Waals surface area contributed by atoms with Crippen LogP contribution in [-0.4, -0.2) is 15.5 Å². The molecule has 3 unspecified atom stereocenters. The van der Waals surface area contributed by atoms with E-state index in [0.717, 1.165) is 24.2 Å². The van der Waals surface area contributed by atoms with Gasteiger partial charge < -0.3 is 5.73 Å². The lowest BCUT2D eigenvalue weighted by Gasteiger charge is -2.41. The number of nitrogens with two attached hydrogens (primary N) is 1. The predicted molar refractivity (Wildman–Crippen MR) is 77.3 cm³/mol. The molecule has 1 aromatic carbocycles. The maximum absolute atomic E-state index is 12.6. The number of benzene rings is 1. The van der Waals surface area contributed by atoms with Gasteiger partial charge in [0.05, 0.1) is 16.0 Å². The molecule has 0 bridgehead atoms. The van der Waals surface area contributed by atoms with Gasteiger partial charge in [0, 0.05) is 16.0 Å². The Balaban J connectivity index is 2.20. The summed E-state index contributed by atoms with van der Waals surface area (Å²) in [5.41, 5.74) is 6.38. The van der Waals surface area contributed by atoms with Crippen molar-refractivity contribution >= 4 is 22.4 Å². The summed E-state index contributed by atoms with van der Waals surface area (Å²) in [6.45, 7) is 4.34. The molecule has 2 N–H and O–H groups in total. The Labute approximate surface area is 116 Å². The minimum atomic E-state index is -1.04. The molecule has 1 aliphatic carbocycles. The van der Waals surface area contributed by atoms with Gasteiger partial charge in [-0.2, -0.15) is 0 Å². The van der Waals surface area contributed by atoms with Gasteiger partial charge in [-0.05, 0) is 42.5 Å². The molecule has 0 spiro atoms. The van der Waals surface area contributed by atoms with Gasteiger partial charge in [0.25, 0.3) is 0 Å². The summed E-state index contributed by atoms with van der Waals surface area (Å²) in [5, 5.41) is 0.721. The summed E-state index contributed by atoms with van der Waals surface area (Å²) in [6, 6.07) is 7.24. The Morgan fingerprint density at radius 1 is 1.33 bits per heavy atom. The predicted octanol–water partition coefficient (Wildman–Crippen LogP) is 3.35. The highest BCUT2D eigenvalue weighted by Gasteiger charge is 2.39. The molecule has 0 aromatic heterocycles. The second-order valence-corrected chi connectivity index (χ2v) is 7.80. The van der Waals surface area contributed by atoms with E-state index in [1.54, 1.807) is 12.1 Å². The zero-order valence-corrected chi connectivity index (χ0v) is 12.4. The van der Waals surface area contributed by atoms with E-state index in [1.165, 1.54) is 0 Å². The van der Waals surface area contributed by atoms with Gasteiger partial charge in [-0.1, -0.05) is 31.9 Å². The molecule has 3 atom stereocenters. The minimum Gasteiger partial charge on any atom is -0.326 e. The van der Waals surface area contributed by atoms with Crippen LogP contribution in [0.5, 0.6) is 0 Å². The van der Waals surface area contributed by atoms with Crippen molar-refractivity contribution < 1.29 is 4.21 Å². The van der Waals surface area contributed by atoms with Crippen LogP contribution >= 0.6 is 11.6 Å². The molecule has 1 aromatic rings. The lowest BCUT2D eigenvalue weighted by atomic mass is 9.73. The van der Waals surface area contributed by atoms with Gasteiger partial charge in [0.1, 0.15) is 0 Å². The van der Waals surface area contributed by atoms with Crippen molar-refractivity contribution in [3.05, 3.63) is 29.3 Å². The van der Waals surface area contributed by atoms with E-state index in [4.69, 9.17) is 17.3 Å². The first-order valence-corrected chi connectivity index (χ1v) is 7.92. The van der Waals surface area contributed by atoms with Gasteiger partial charge in [-0.3, -0.25) is 4.21 Å². The molecule has 1 aliphatic rings. The molecule has 4 heteroatoms. The molecule has 0 amide bonds. The fraction of sp³-hybridized carbons (Fsp3) is 0.571. The normalized spacial score (nSPS) is 28.9. The van der Waals surface area contributed by atoms with Crippen LogP contribution in [0.25, 0.3) is 0 Å². The fourth-order valence-corrected chi connectivity index (χ4v) is 4.49. The van der Waals surface area contributed by atoms with E-state index in [9.17, 15) is 4.21 Å². The van der Waals surface area contributed by atoms with E-state index in [2.05, 4.69) is 13.8 Å². The van der Waals surface area contributed by atoms with Crippen LogP contribution in [0.2, 0.25) is 5.02 Å². The Kier molecular flexibility index (Phi) is 4.15. The largest absolute Gasteiger partial charge is 0.326 e. The maximum atomic E-state index is 12.6. The van der Waals surface area contributed by atoms with Crippen LogP contribution in [0.3, 0.4) is 0 Å². The molecule has 2 nitrogen and oxygen atoms in total. The SMILES string of the molecule is CC1(C)CCCC(S(=O)c2ccc(Cl)cc2)C1N. The van der Waals surface area contributed by atoms with Gasteiger partial charge >= 0.3 is 0 Å². The average Bonchev–Trinajstić information content (AvgIpc) is 2.33. The standard InChI is InChI=1S/C14H20ClNOS/c1-14(2)9-3-4-12(13(14)16)18(17)11-7-5-10(15)6-8-11/h5-8,12-13H,3-4,9,16H2,1-2H3. The molecule has 0 aliphatic heterocycles. The van der Waals surface area contributed by atoms with E-state index in [1.807, 2.05) is 12.1 Å². The van der Waals surface area contributed by atoms with Crippen molar-refractivity contribution in [1.82, 2.24) is 0 Å². The number of halogens is 1. The highest BCUT2D eigenvalue weighted by molar-refractivity contribution is 7.85. The number of rotatable bonds is 2. The van der Waals surface area contributed by atoms with Gasteiger partial charge in [-0.15, -0.1) is 0 Å². The highest BCUT2D eigenvalue weighted by atomic mass is 35.5. The van der Waals surface area contributed by atoms with Crippen LogP contribution in [0, 0.1) is 5.41 Å². The summed E-state index contributed by atoms with van der Waals surface area (Å²) in [7, 11) is -1.04. The van der Waals surface area contributed by atoms with E-state index >= 15 is 0 Å². The smallest absolute Gasteiger partial charge is 0.0576 e. The van der Waals surface area contributed by atoms with Gasteiger partial charge in [-0.25, -0.2) is 0 Å². The maximum Gasteiger partial charge on any atom is 0.0576 e. The molecule has 100 valence electrons. The lowest BCUT2D eigenvalue weighted by molar-refractivity contribution is 0.206. The third kappa shape index (κ3) is 2.79. The van der Waals surface area contributed by atoms with E-state index in [0.29, 0.717) is 5.02 Å². The molecule has 0 heterocycles. The first-order valence-electron chi connectivity index (χ1n) is 6.33. The Morgan fingerprint density at radius 2 is 1.94 bits per heavy atom. The molecule has 1 saturated carbocycles. The van der Waals surface area contributed by atoms with Crippen molar-refractivity contribution in [2.45, 2.75) is 49.3 Å². The summed E-state index contributed by atoms with van der Waals surface area (Å²) >= 11 is 5.85. The van der Waals surface area contributed by atoms with Crippen LogP contribution in [-0.2, 0) is 10.8 Å². The van der Waals surface area contributed by atoms with Crippen LogP contribution in [0.1, 0.15) is 33.1 Å². The van der Waals surface area contributed by atoms with Crippen molar-refractivity contribution in [3.8, 4) is 0 Å². The zero-order chi connectivity index (χ0) is 13.3. The van der Waals surface area contributed by atoms with Crippen molar-refractivity contribution in [2.75, 3.05) is 0 Å². The minimum absolute atomic E-state index is 0.0113. The second-order valence-electron chi connectivity index (χ2n) is 5.70. The van der Waals surface area contributed by atoms with Crippen molar-refractivity contribution in [1.29, 1.82) is 0 Å². The molecule has 18 heavy (non-hydrogen) atoms. The summed E-state index contributed by atoms with van der Waals surface area (Å²) < 4.78 is 12.6. The Bertz CT molecular complexity index is 444. The quantitative estimate of drug-likeness (QED) is 0.905. The van der Waals surface area contributed by atoms with Crippen LogP contribution in [0.15, 0.2) is 29.2 Å². The Morgan fingerprint density at radius 3 is 2.56 bits per heavy atom. The zero-order valence-electron chi connectivity index (χ0n) is 10.9. The molecule has 1 fully saturated rings. The summed E-state index contributed by atoms with van der Waals surface area (Å²) in [4.78, 5) is 0.831. The van der Waals surface area contributed by atoms with Gasteiger partial charge in [0.15, 0.2) is 0 Å². The molecule has 2 rings (SSSR count). The molecule has 0 radical (unpaired) electrons. The average molecular weight is 286 g/mol. The first kappa shape index (κ1) is 14.0. The lowest BCUT2D eigenvalue weighted by Crippen LogP contribution is -2.51. The van der Waals surface area contributed by atoms with Crippen LogP contribution in [0.4, 0.5) is 0 Å². The number of hydrogen-bond acceptors (Lipinski definition) is 2. The van der Waals surface area contributed by atoms with Gasteiger partial charge in [0.2, 0.25) is 0 Å². The molecular weight excluding hydrogens is 266 g/mol. The third-order valence-electron chi connectivity index (χ3n) is 3.93. The van der Waals surface area contributed by atoms with E-state index < -0.39 is 10.8 Å². The molecular formula is C14H20ClNOS. The van der Waals surface area contributed by atoms with Crippen molar-refractivity contribution in [3.63, 3.8) is 0 Å².